The lowest BCUT2D eigenvalue weighted by molar-refractivity contribution is 0.0826. The molecule has 1 N–H and O–H groups in total. The summed E-state index contributed by atoms with van der Waals surface area (Å²) in [6, 6.07) is 8.69. The van der Waals surface area contributed by atoms with Gasteiger partial charge in [0.15, 0.2) is 5.82 Å². The third kappa shape index (κ3) is 4.91. The largest absolute Gasteiger partial charge is 0.383 e. The van der Waals surface area contributed by atoms with Gasteiger partial charge in [-0.3, -0.25) is 9.69 Å². The SMILES string of the molecule is CC[C@H](c1nnnn1CCOC)N(Cc1cc2ccc(C)cc2[nH]c1=O)C1CCCCC1. The van der Waals surface area contributed by atoms with Crippen LogP contribution in [0.2, 0.25) is 0 Å². The highest BCUT2D eigenvalue weighted by Crippen LogP contribution is 2.32. The number of H-pyrrole nitrogens is 1. The van der Waals surface area contributed by atoms with E-state index in [1.807, 2.05) is 23.7 Å². The number of pyridine rings is 1. The third-order valence-corrected chi connectivity index (χ3v) is 6.63. The number of nitrogens with one attached hydrogen (secondary N) is 1. The zero-order chi connectivity index (χ0) is 22.5. The monoisotopic (exact) mass is 438 g/mol. The van der Waals surface area contributed by atoms with Gasteiger partial charge in [0.25, 0.3) is 5.56 Å². The molecule has 1 aliphatic carbocycles. The summed E-state index contributed by atoms with van der Waals surface area (Å²) in [6.45, 7) is 5.96. The highest BCUT2D eigenvalue weighted by Gasteiger charge is 2.31. The van der Waals surface area contributed by atoms with Gasteiger partial charge in [-0.15, -0.1) is 5.10 Å². The molecule has 4 rings (SSSR count). The summed E-state index contributed by atoms with van der Waals surface area (Å²) < 4.78 is 7.09. The molecule has 1 atom stereocenters. The third-order valence-electron chi connectivity index (χ3n) is 6.63. The predicted molar refractivity (Wildman–Crippen MR) is 124 cm³/mol. The molecule has 32 heavy (non-hydrogen) atoms. The second-order valence-electron chi connectivity index (χ2n) is 8.86. The van der Waals surface area contributed by atoms with Gasteiger partial charge in [-0.2, -0.15) is 0 Å². The fourth-order valence-corrected chi connectivity index (χ4v) is 4.93. The van der Waals surface area contributed by atoms with Crippen LogP contribution in [0.5, 0.6) is 0 Å². The molecule has 0 saturated heterocycles. The molecule has 2 aromatic heterocycles. The molecule has 0 aliphatic heterocycles. The normalized spacial score (nSPS) is 16.1. The van der Waals surface area contributed by atoms with Crippen molar-refractivity contribution in [3.05, 3.63) is 51.6 Å². The Labute approximate surface area is 189 Å². The Hall–Kier alpha value is -2.58. The van der Waals surface area contributed by atoms with Crippen LogP contribution in [0.15, 0.2) is 29.1 Å². The first-order valence-corrected chi connectivity index (χ1v) is 11.7. The first-order valence-electron chi connectivity index (χ1n) is 11.7. The van der Waals surface area contributed by atoms with Crippen LogP contribution >= 0.6 is 0 Å². The molecule has 0 bridgehead atoms. The second-order valence-corrected chi connectivity index (χ2v) is 8.86. The summed E-state index contributed by atoms with van der Waals surface area (Å²) in [5, 5.41) is 13.6. The Balaban J connectivity index is 1.70. The molecular weight excluding hydrogens is 404 g/mol. The Bertz CT molecular complexity index is 1090. The van der Waals surface area contributed by atoms with E-state index in [2.05, 4.69) is 44.5 Å². The van der Waals surface area contributed by atoms with Crippen molar-refractivity contribution in [2.45, 2.75) is 77.5 Å². The van der Waals surface area contributed by atoms with Crippen molar-refractivity contribution in [2.24, 2.45) is 0 Å². The maximum Gasteiger partial charge on any atom is 0.252 e. The number of nitrogens with zero attached hydrogens (tertiary/aromatic N) is 5. The van der Waals surface area contributed by atoms with Crippen LogP contribution in [-0.4, -0.2) is 49.8 Å². The van der Waals surface area contributed by atoms with E-state index >= 15 is 0 Å². The van der Waals surface area contributed by atoms with Gasteiger partial charge in [0.1, 0.15) is 0 Å². The number of aromatic nitrogens is 5. The van der Waals surface area contributed by atoms with Crippen LogP contribution in [0.1, 0.15) is 68.4 Å². The van der Waals surface area contributed by atoms with Crippen molar-refractivity contribution in [1.29, 1.82) is 0 Å². The van der Waals surface area contributed by atoms with E-state index in [-0.39, 0.29) is 11.6 Å². The Morgan fingerprint density at radius 1 is 1.25 bits per heavy atom. The minimum absolute atomic E-state index is 0.0160. The number of rotatable bonds is 9. The van der Waals surface area contributed by atoms with Crippen molar-refractivity contribution in [1.82, 2.24) is 30.1 Å². The Kier molecular flexibility index (Phi) is 7.32. The average molecular weight is 439 g/mol. The molecular formula is C24H34N6O2. The molecule has 8 heteroatoms. The van der Waals surface area contributed by atoms with Crippen LogP contribution < -0.4 is 5.56 Å². The number of hydrogen-bond acceptors (Lipinski definition) is 6. The van der Waals surface area contributed by atoms with Crippen LogP contribution in [-0.2, 0) is 17.8 Å². The number of fused-ring (bicyclic) bond motifs is 1. The van der Waals surface area contributed by atoms with Crippen LogP contribution in [0.4, 0.5) is 0 Å². The molecule has 1 aromatic carbocycles. The fraction of sp³-hybridized carbons (Fsp3) is 0.583. The average Bonchev–Trinajstić information content (AvgIpc) is 3.26. The van der Waals surface area contributed by atoms with Gasteiger partial charge < -0.3 is 9.72 Å². The van der Waals surface area contributed by atoms with Crippen molar-refractivity contribution in [3.63, 3.8) is 0 Å². The molecule has 172 valence electrons. The molecule has 0 spiro atoms. The zero-order valence-corrected chi connectivity index (χ0v) is 19.4. The minimum atomic E-state index is -0.0160. The summed E-state index contributed by atoms with van der Waals surface area (Å²) >= 11 is 0. The Morgan fingerprint density at radius 2 is 2.06 bits per heavy atom. The molecule has 3 aromatic rings. The molecule has 1 fully saturated rings. The molecule has 0 radical (unpaired) electrons. The molecule has 2 heterocycles. The number of tetrazole rings is 1. The number of ether oxygens (including phenoxy) is 1. The number of methoxy groups -OCH3 is 1. The van der Waals surface area contributed by atoms with E-state index in [1.165, 1.54) is 19.3 Å². The van der Waals surface area contributed by atoms with Gasteiger partial charge in [0.05, 0.1) is 19.2 Å². The highest BCUT2D eigenvalue weighted by atomic mass is 16.5. The summed E-state index contributed by atoms with van der Waals surface area (Å²) in [5.74, 6) is 0.850. The summed E-state index contributed by atoms with van der Waals surface area (Å²) in [7, 11) is 1.68. The predicted octanol–water partition coefficient (Wildman–Crippen LogP) is 3.76. The maximum atomic E-state index is 13.0. The van der Waals surface area contributed by atoms with Crippen molar-refractivity contribution >= 4 is 10.9 Å². The first-order chi connectivity index (χ1) is 15.6. The van der Waals surface area contributed by atoms with Crippen molar-refractivity contribution in [2.75, 3.05) is 13.7 Å². The molecule has 1 saturated carbocycles. The molecule has 0 unspecified atom stereocenters. The quantitative estimate of drug-likeness (QED) is 0.547. The number of aryl methyl sites for hydroxylation is 1. The van der Waals surface area contributed by atoms with Gasteiger partial charge in [-0.05, 0) is 59.7 Å². The van der Waals surface area contributed by atoms with Crippen molar-refractivity contribution < 1.29 is 4.74 Å². The summed E-state index contributed by atoms with van der Waals surface area (Å²) in [4.78, 5) is 18.6. The van der Waals surface area contributed by atoms with Gasteiger partial charge in [0.2, 0.25) is 0 Å². The van der Waals surface area contributed by atoms with Crippen LogP contribution in [0.3, 0.4) is 0 Å². The van der Waals surface area contributed by atoms with Gasteiger partial charge in [-0.25, -0.2) is 4.68 Å². The number of hydrogen-bond donors (Lipinski definition) is 1. The zero-order valence-electron chi connectivity index (χ0n) is 19.4. The van der Waals surface area contributed by atoms with Gasteiger partial charge in [-0.1, -0.05) is 38.3 Å². The van der Waals surface area contributed by atoms with Crippen LogP contribution in [0, 0.1) is 6.92 Å². The van der Waals surface area contributed by atoms with Gasteiger partial charge in [0, 0.05) is 30.8 Å². The van der Waals surface area contributed by atoms with E-state index in [0.717, 1.165) is 47.1 Å². The first kappa shape index (κ1) is 22.6. The summed E-state index contributed by atoms with van der Waals surface area (Å²) in [6.07, 6.45) is 6.87. The molecule has 0 amide bonds. The number of aromatic amines is 1. The lowest BCUT2D eigenvalue weighted by Crippen LogP contribution is -2.41. The fourth-order valence-electron chi connectivity index (χ4n) is 4.93. The topological polar surface area (TPSA) is 88.9 Å². The molecule has 1 aliphatic rings. The van der Waals surface area contributed by atoms with E-state index < -0.39 is 0 Å². The van der Waals surface area contributed by atoms with E-state index in [0.29, 0.717) is 25.7 Å². The van der Waals surface area contributed by atoms with Crippen molar-refractivity contribution in [3.8, 4) is 0 Å². The summed E-state index contributed by atoms with van der Waals surface area (Å²) in [5.41, 5.74) is 2.80. The molecule has 8 nitrogen and oxygen atoms in total. The van der Waals surface area contributed by atoms with E-state index in [1.54, 1.807) is 7.11 Å². The smallest absolute Gasteiger partial charge is 0.252 e. The highest BCUT2D eigenvalue weighted by molar-refractivity contribution is 5.79. The van der Waals surface area contributed by atoms with Gasteiger partial charge >= 0.3 is 0 Å². The Morgan fingerprint density at radius 3 is 2.81 bits per heavy atom. The maximum absolute atomic E-state index is 13.0. The number of benzene rings is 1. The lowest BCUT2D eigenvalue weighted by Gasteiger charge is -2.39. The van der Waals surface area contributed by atoms with E-state index in [4.69, 9.17) is 4.74 Å². The standard InChI is InChI=1S/C24H34N6O2/c1-4-22(23-26-27-28-30(23)12-13-32-3)29(20-8-6-5-7-9-20)16-19-15-18-11-10-17(2)14-21(18)25-24(19)31/h10-11,14-15,20,22H,4-9,12-13,16H2,1-3H3,(H,25,31)/t22-/m1/s1. The van der Waals surface area contributed by atoms with Crippen LogP contribution in [0.25, 0.3) is 10.9 Å². The minimum Gasteiger partial charge on any atom is -0.383 e. The second kappa shape index (κ2) is 10.4. The van der Waals surface area contributed by atoms with E-state index in [9.17, 15) is 4.79 Å². The lowest BCUT2D eigenvalue weighted by atomic mass is 9.92.